The summed E-state index contributed by atoms with van der Waals surface area (Å²) < 4.78 is 0. The van der Waals surface area contributed by atoms with Crippen LogP contribution in [0.15, 0.2) is 48.5 Å². The van der Waals surface area contributed by atoms with Crippen LogP contribution in [0.1, 0.15) is 37.8 Å². The number of pyridine rings is 1. The molecule has 0 amide bonds. The molecular formula is C25H28ClN5. The minimum atomic E-state index is 0.483. The molecule has 5 nitrogen and oxygen atoms in total. The van der Waals surface area contributed by atoms with Crippen LogP contribution in [-0.2, 0) is 6.54 Å². The van der Waals surface area contributed by atoms with Crippen molar-refractivity contribution in [3.63, 3.8) is 0 Å². The van der Waals surface area contributed by atoms with Crippen molar-refractivity contribution in [1.82, 2.24) is 10.3 Å². The number of aromatic nitrogens is 1. The fourth-order valence-corrected chi connectivity index (χ4v) is 4.41. The Bertz CT molecular complexity index is 1080. The number of rotatable bonds is 6. The summed E-state index contributed by atoms with van der Waals surface area (Å²) in [4.78, 5) is 7.15. The average Bonchev–Trinajstić information content (AvgIpc) is 2.78. The summed E-state index contributed by atoms with van der Waals surface area (Å²) in [6, 6.07) is 19.3. The molecule has 160 valence electrons. The van der Waals surface area contributed by atoms with Crippen LogP contribution in [0.2, 0.25) is 5.02 Å². The van der Waals surface area contributed by atoms with E-state index in [9.17, 15) is 5.26 Å². The molecule has 1 fully saturated rings. The summed E-state index contributed by atoms with van der Waals surface area (Å²) in [5.41, 5.74) is 3.60. The van der Waals surface area contributed by atoms with Gasteiger partial charge in [-0.05, 0) is 36.6 Å². The zero-order valence-electron chi connectivity index (χ0n) is 18.0. The smallest absolute Gasteiger partial charge is 0.147 e. The number of piperidine rings is 1. The second-order valence-electron chi connectivity index (χ2n) is 8.38. The van der Waals surface area contributed by atoms with Crippen LogP contribution in [0.4, 0.5) is 11.5 Å². The van der Waals surface area contributed by atoms with Crippen molar-refractivity contribution in [2.75, 3.05) is 23.3 Å². The van der Waals surface area contributed by atoms with Crippen LogP contribution in [-0.4, -0.2) is 30.2 Å². The first-order valence-electron chi connectivity index (χ1n) is 10.9. The van der Waals surface area contributed by atoms with Crippen LogP contribution < -0.4 is 15.5 Å². The van der Waals surface area contributed by atoms with Gasteiger partial charge in [0.2, 0.25) is 0 Å². The van der Waals surface area contributed by atoms with Gasteiger partial charge in [-0.25, -0.2) is 4.98 Å². The highest BCUT2D eigenvalue weighted by Crippen LogP contribution is 2.35. The topological polar surface area (TPSA) is 64.0 Å². The van der Waals surface area contributed by atoms with E-state index >= 15 is 0 Å². The predicted octanol–water partition coefficient (Wildman–Crippen LogP) is 5.34. The third-order valence-electron chi connectivity index (χ3n) is 5.73. The standard InChI is InChI=1S/C25H28ClN5/c1-17(2)29-20-11-13-31(14-12-20)24-21-5-3-4-6-23(21)30-25(22(24)15-27)28-16-18-7-9-19(26)10-8-18/h3-10,17,20,29H,11-14,16H2,1-2H3,(H,28,30). The van der Waals surface area contributed by atoms with Gasteiger partial charge >= 0.3 is 0 Å². The molecular weight excluding hydrogens is 406 g/mol. The van der Waals surface area contributed by atoms with Crippen LogP contribution in [0.3, 0.4) is 0 Å². The SMILES string of the molecule is CC(C)NC1CCN(c2c(C#N)c(NCc3ccc(Cl)cc3)nc3ccccc23)CC1. The van der Waals surface area contributed by atoms with Gasteiger partial charge in [-0.1, -0.05) is 55.8 Å². The average molecular weight is 434 g/mol. The molecule has 0 aliphatic carbocycles. The summed E-state index contributed by atoms with van der Waals surface area (Å²) in [5.74, 6) is 0.633. The van der Waals surface area contributed by atoms with Gasteiger partial charge in [0.25, 0.3) is 0 Å². The Morgan fingerprint density at radius 1 is 1.13 bits per heavy atom. The monoisotopic (exact) mass is 433 g/mol. The number of nitriles is 1. The second kappa shape index (κ2) is 9.55. The van der Waals surface area contributed by atoms with Crippen LogP contribution in [0.25, 0.3) is 10.9 Å². The van der Waals surface area contributed by atoms with E-state index in [0.717, 1.165) is 48.1 Å². The zero-order valence-corrected chi connectivity index (χ0v) is 18.8. The van der Waals surface area contributed by atoms with Gasteiger partial charge in [0.1, 0.15) is 17.5 Å². The molecule has 0 spiro atoms. The Labute approximate surface area is 189 Å². The zero-order chi connectivity index (χ0) is 21.8. The van der Waals surface area contributed by atoms with Crippen molar-refractivity contribution in [3.05, 3.63) is 64.7 Å². The molecule has 1 aliphatic rings. The molecule has 0 bridgehead atoms. The van der Waals surface area contributed by atoms with Crippen molar-refractivity contribution in [1.29, 1.82) is 5.26 Å². The minimum absolute atomic E-state index is 0.483. The van der Waals surface area contributed by atoms with Gasteiger partial charge in [0.15, 0.2) is 0 Å². The Morgan fingerprint density at radius 2 is 1.84 bits per heavy atom. The van der Waals surface area contributed by atoms with Crippen molar-refractivity contribution >= 4 is 34.0 Å². The summed E-state index contributed by atoms with van der Waals surface area (Å²) in [6.07, 6.45) is 2.13. The number of benzene rings is 2. The van der Waals surface area contributed by atoms with E-state index in [0.29, 0.717) is 35.0 Å². The third kappa shape index (κ3) is 4.92. The maximum Gasteiger partial charge on any atom is 0.147 e. The molecule has 1 saturated heterocycles. The molecule has 31 heavy (non-hydrogen) atoms. The van der Waals surface area contributed by atoms with Crippen molar-refractivity contribution < 1.29 is 0 Å². The lowest BCUT2D eigenvalue weighted by Crippen LogP contribution is -2.45. The molecule has 0 unspecified atom stereocenters. The number of fused-ring (bicyclic) bond motifs is 1. The molecule has 4 rings (SSSR count). The molecule has 1 aliphatic heterocycles. The number of nitrogens with one attached hydrogen (secondary N) is 2. The van der Waals surface area contributed by atoms with Gasteiger partial charge < -0.3 is 15.5 Å². The number of anilines is 2. The van der Waals surface area contributed by atoms with Crippen LogP contribution >= 0.6 is 11.6 Å². The first-order chi connectivity index (χ1) is 15.0. The first-order valence-corrected chi connectivity index (χ1v) is 11.2. The Morgan fingerprint density at radius 3 is 2.52 bits per heavy atom. The van der Waals surface area contributed by atoms with E-state index < -0.39 is 0 Å². The number of hydrogen-bond acceptors (Lipinski definition) is 5. The molecule has 6 heteroatoms. The fourth-order valence-electron chi connectivity index (χ4n) is 4.29. The lowest BCUT2D eigenvalue weighted by Gasteiger charge is -2.36. The van der Waals surface area contributed by atoms with Crippen molar-refractivity contribution in [3.8, 4) is 6.07 Å². The summed E-state index contributed by atoms with van der Waals surface area (Å²) in [7, 11) is 0. The Hall–Kier alpha value is -2.81. The summed E-state index contributed by atoms with van der Waals surface area (Å²) >= 11 is 6.00. The number of nitrogens with zero attached hydrogens (tertiary/aromatic N) is 3. The second-order valence-corrected chi connectivity index (χ2v) is 8.81. The van der Waals surface area contributed by atoms with Gasteiger partial charge in [0, 0.05) is 42.1 Å². The maximum atomic E-state index is 10.1. The van der Waals surface area contributed by atoms with E-state index in [-0.39, 0.29) is 0 Å². The molecule has 3 aromatic rings. The quantitative estimate of drug-likeness (QED) is 0.549. The number of hydrogen-bond donors (Lipinski definition) is 2. The third-order valence-corrected chi connectivity index (χ3v) is 5.98. The van der Waals surface area contributed by atoms with Gasteiger partial charge in [-0.3, -0.25) is 0 Å². The predicted molar refractivity (Wildman–Crippen MR) is 129 cm³/mol. The largest absolute Gasteiger partial charge is 0.370 e. The highest BCUT2D eigenvalue weighted by atomic mass is 35.5. The van der Waals surface area contributed by atoms with Crippen LogP contribution in [0.5, 0.6) is 0 Å². The lowest BCUT2D eigenvalue weighted by molar-refractivity contribution is 0.387. The summed E-state index contributed by atoms with van der Waals surface area (Å²) in [6.45, 7) is 6.80. The molecule has 2 aromatic carbocycles. The molecule has 2 heterocycles. The molecule has 0 saturated carbocycles. The molecule has 0 atom stereocenters. The van der Waals surface area contributed by atoms with Gasteiger partial charge in [0.05, 0.1) is 11.2 Å². The number of halogens is 1. The van der Waals surface area contributed by atoms with E-state index in [1.807, 2.05) is 42.5 Å². The van der Waals surface area contributed by atoms with Crippen molar-refractivity contribution in [2.45, 2.75) is 45.3 Å². The van der Waals surface area contributed by atoms with E-state index in [1.54, 1.807) is 0 Å². The molecule has 1 aromatic heterocycles. The minimum Gasteiger partial charge on any atom is -0.370 e. The van der Waals surface area contributed by atoms with Gasteiger partial charge in [-0.15, -0.1) is 0 Å². The van der Waals surface area contributed by atoms with Crippen LogP contribution in [0, 0.1) is 11.3 Å². The first kappa shape index (κ1) is 21.4. The normalized spacial score (nSPS) is 14.7. The Kier molecular flexibility index (Phi) is 6.60. The molecule has 2 N–H and O–H groups in total. The highest BCUT2D eigenvalue weighted by Gasteiger charge is 2.25. The van der Waals surface area contributed by atoms with E-state index in [1.165, 1.54) is 0 Å². The molecule has 0 radical (unpaired) electrons. The van der Waals surface area contributed by atoms with E-state index in [4.69, 9.17) is 16.6 Å². The Balaban J connectivity index is 1.65. The van der Waals surface area contributed by atoms with Crippen molar-refractivity contribution in [2.24, 2.45) is 0 Å². The van der Waals surface area contributed by atoms with E-state index in [2.05, 4.69) is 41.5 Å². The van der Waals surface area contributed by atoms with Gasteiger partial charge in [-0.2, -0.15) is 5.26 Å². The fraction of sp³-hybridized carbons (Fsp3) is 0.360. The number of para-hydroxylation sites is 1. The lowest BCUT2D eigenvalue weighted by atomic mass is 10.0. The maximum absolute atomic E-state index is 10.1. The highest BCUT2D eigenvalue weighted by molar-refractivity contribution is 6.30. The summed E-state index contributed by atoms with van der Waals surface area (Å²) in [5, 5.41) is 18.9.